The number of pyridine rings is 1. The normalized spacial score (nSPS) is 10.8. The minimum atomic E-state index is -0.156. The van der Waals surface area contributed by atoms with Gasteiger partial charge in [-0.15, -0.1) is 20.4 Å². The molecule has 0 unspecified atom stereocenters. The van der Waals surface area contributed by atoms with Crippen molar-refractivity contribution in [3.63, 3.8) is 0 Å². The number of hydrogen-bond donors (Lipinski definition) is 1. The number of aryl methyl sites for hydroxylation is 1. The number of nitrogens with one attached hydrogen (secondary N) is 1. The second-order valence-corrected chi connectivity index (χ2v) is 8.32. The highest BCUT2D eigenvalue weighted by Crippen LogP contribution is 2.25. The maximum Gasteiger partial charge on any atom is 0.236 e. The zero-order chi connectivity index (χ0) is 20.8. The molecule has 3 aromatic heterocycles. The van der Waals surface area contributed by atoms with E-state index in [0.717, 1.165) is 22.6 Å². The number of hydrogen-bond acceptors (Lipinski definition) is 8. The molecule has 0 fully saturated rings. The molecule has 4 rings (SSSR count). The van der Waals surface area contributed by atoms with Crippen LogP contribution in [0.15, 0.2) is 60.0 Å². The first kappa shape index (κ1) is 20.2. The van der Waals surface area contributed by atoms with Crippen LogP contribution in [-0.2, 0) is 17.8 Å². The van der Waals surface area contributed by atoms with Crippen molar-refractivity contribution in [3.8, 4) is 11.4 Å². The van der Waals surface area contributed by atoms with E-state index >= 15 is 0 Å². The van der Waals surface area contributed by atoms with Crippen LogP contribution in [0.3, 0.4) is 0 Å². The quantitative estimate of drug-likeness (QED) is 0.421. The van der Waals surface area contributed by atoms with Crippen LogP contribution >= 0.6 is 23.1 Å². The average Bonchev–Trinajstić information content (AvgIpc) is 3.40. The van der Waals surface area contributed by atoms with Crippen molar-refractivity contribution in [2.24, 2.45) is 0 Å². The maximum atomic E-state index is 12.4. The highest BCUT2D eigenvalue weighted by Gasteiger charge is 2.17. The molecule has 0 saturated heterocycles. The first-order valence-electron chi connectivity index (χ1n) is 9.35. The van der Waals surface area contributed by atoms with Gasteiger partial charge in [0.05, 0.1) is 12.3 Å². The molecule has 4 aromatic rings. The number of aromatic nitrogens is 6. The molecule has 3 heterocycles. The summed E-state index contributed by atoms with van der Waals surface area (Å²) in [6.45, 7) is 2.60. The van der Waals surface area contributed by atoms with Crippen molar-refractivity contribution in [2.75, 3.05) is 11.1 Å². The molecule has 0 radical (unpaired) electrons. The number of rotatable bonds is 8. The molecule has 10 heteroatoms. The van der Waals surface area contributed by atoms with E-state index in [4.69, 9.17) is 0 Å². The summed E-state index contributed by atoms with van der Waals surface area (Å²) in [6.07, 6.45) is 4.27. The first-order chi connectivity index (χ1) is 14.7. The van der Waals surface area contributed by atoms with Gasteiger partial charge in [-0.05, 0) is 24.1 Å². The number of nitrogens with zero attached hydrogens (tertiary/aromatic N) is 6. The zero-order valence-corrected chi connectivity index (χ0v) is 17.9. The van der Waals surface area contributed by atoms with Gasteiger partial charge in [0.1, 0.15) is 5.01 Å². The fourth-order valence-electron chi connectivity index (χ4n) is 2.75. The van der Waals surface area contributed by atoms with E-state index in [1.54, 1.807) is 12.4 Å². The number of carbonyl (C=O) groups excluding carboxylic acids is 1. The SMILES string of the molecule is CCc1nnc(NC(=O)CSc2nnc(-c3cccnc3)n2Cc2ccccc2)s1. The lowest BCUT2D eigenvalue weighted by Gasteiger charge is -2.10. The Bertz CT molecular complexity index is 1110. The fraction of sp³-hybridized carbons (Fsp3) is 0.200. The van der Waals surface area contributed by atoms with Crippen molar-refractivity contribution in [3.05, 3.63) is 65.4 Å². The lowest BCUT2D eigenvalue weighted by atomic mass is 10.2. The molecule has 0 aliphatic rings. The van der Waals surface area contributed by atoms with E-state index in [2.05, 4.69) is 42.8 Å². The first-order valence-corrected chi connectivity index (χ1v) is 11.2. The van der Waals surface area contributed by atoms with Crippen LogP contribution in [0.5, 0.6) is 0 Å². The molecule has 0 aliphatic heterocycles. The van der Waals surface area contributed by atoms with Gasteiger partial charge in [-0.2, -0.15) is 0 Å². The lowest BCUT2D eigenvalue weighted by molar-refractivity contribution is -0.113. The van der Waals surface area contributed by atoms with Gasteiger partial charge in [0, 0.05) is 18.0 Å². The molecule has 0 saturated carbocycles. The smallest absolute Gasteiger partial charge is 0.236 e. The highest BCUT2D eigenvalue weighted by molar-refractivity contribution is 7.99. The minimum absolute atomic E-state index is 0.156. The highest BCUT2D eigenvalue weighted by atomic mass is 32.2. The summed E-state index contributed by atoms with van der Waals surface area (Å²) in [5.41, 5.74) is 1.99. The van der Waals surface area contributed by atoms with Crippen molar-refractivity contribution in [1.29, 1.82) is 0 Å². The third-order valence-corrected chi connectivity index (χ3v) is 6.12. The van der Waals surface area contributed by atoms with Crippen molar-refractivity contribution in [2.45, 2.75) is 25.0 Å². The number of benzene rings is 1. The number of thioether (sulfide) groups is 1. The Hall–Kier alpha value is -3.11. The minimum Gasteiger partial charge on any atom is -0.300 e. The van der Waals surface area contributed by atoms with Crippen molar-refractivity contribution >= 4 is 34.1 Å². The molecule has 8 nitrogen and oxygen atoms in total. The van der Waals surface area contributed by atoms with Crippen molar-refractivity contribution < 1.29 is 4.79 Å². The molecule has 0 aliphatic carbocycles. The molecule has 1 amide bonds. The van der Waals surface area contributed by atoms with E-state index < -0.39 is 0 Å². The summed E-state index contributed by atoms with van der Waals surface area (Å²) < 4.78 is 2.00. The van der Waals surface area contributed by atoms with E-state index in [-0.39, 0.29) is 11.7 Å². The lowest BCUT2D eigenvalue weighted by Crippen LogP contribution is -2.14. The third kappa shape index (κ3) is 4.89. The summed E-state index contributed by atoms with van der Waals surface area (Å²) in [6, 6.07) is 13.9. The Labute approximate surface area is 181 Å². The van der Waals surface area contributed by atoms with Crippen LogP contribution in [-0.4, -0.2) is 41.6 Å². The van der Waals surface area contributed by atoms with Gasteiger partial charge < -0.3 is 0 Å². The number of carbonyl (C=O) groups is 1. The molecular formula is C20H19N7OS2. The van der Waals surface area contributed by atoms with Gasteiger partial charge in [0.2, 0.25) is 11.0 Å². The molecule has 0 atom stereocenters. The monoisotopic (exact) mass is 437 g/mol. The van der Waals surface area contributed by atoms with Crippen LogP contribution in [0, 0.1) is 0 Å². The second kappa shape index (κ2) is 9.59. The maximum absolute atomic E-state index is 12.4. The van der Waals surface area contributed by atoms with Crippen LogP contribution in [0.4, 0.5) is 5.13 Å². The van der Waals surface area contributed by atoms with E-state index in [0.29, 0.717) is 22.7 Å². The van der Waals surface area contributed by atoms with Gasteiger partial charge in [-0.3, -0.25) is 19.7 Å². The van der Waals surface area contributed by atoms with Crippen molar-refractivity contribution in [1.82, 2.24) is 29.9 Å². The topological polar surface area (TPSA) is 98.5 Å². The van der Waals surface area contributed by atoms with E-state index in [1.807, 2.05) is 41.8 Å². The Morgan fingerprint density at radius 1 is 1.10 bits per heavy atom. The second-order valence-electron chi connectivity index (χ2n) is 6.31. The molecule has 1 N–H and O–H groups in total. The zero-order valence-electron chi connectivity index (χ0n) is 16.2. The molecule has 30 heavy (non-hydrogen) atoms. The largest absolute Gasteiger partial charge is 0.300 e. The van der Waals surface area contributed by atoms with Gasteiger partial charge in [-0.25, -0.2) is 0 Å². The third-order valence-electron chi connectivity index (χ3n) is 4.17. The predicted molar refractivity (Wildman–Crippen MR) is 117 cm³/mol. The number of amides is 1. The summed E-state index contributed by atoms with van der Waals surface area (Å²) >= 11 is 2.72. The van der Waals surface area contributed by atoms with E-state index in [1.165, 1.54) is 23.1 Å². The Kier molecular flexibility index (Phi) is 6.45. The summed E-state index contributed by atoms with van der Waals surface area (Å²) in [5, 5.41) is 21.6. The summed E-state index contributed by atoms with van der Waals surface area (Å²) in [7, 11) is 0. The average molecular weight is 438 g/mol. The van der Waals surface area contributed by atoms with Gasteiger partial charge in [0.15, 0.2) is 11.0 Å². The Balaban J connectivity index is 1.52. The fourth-order valence-corrected chi connectivity index (χ4v) is 4.18. The number of anilines is 1. The molecule has 152 valence electrons. The summed E-state index contributed by atoms with van der Waals surface area (Å²) in [4.78, 5) is 16.6. The van der Waals surface area contributed by atoms with Crippen LogP contribution in [0.2, 0.25) is 0 Å². The van der Waals surface area contributed by atoms with Crippen LogP contribution in [0.25, 0.3) is 11.4 Å². The Morgan fingerprint density at radius 3 is 2.70 bits per heavy atom. The van der Waals surface area contributed by atoms with Crippen LogP contribution < -0.4 is 5.32 Å². The van der Waals surface area contributed by atoms with Gasteiger partial charge in [0.25, 0.3) is 0 Å². The molecule has 0 spiro atoms. The van der Waals surface area contributed by atoms with Gasteiger partial charge in [-0.1, -0.05) is 60.4 Å². The van der Waals surface area contributed by atoms with Gasteiger partial charge >= 0.3 is 0 Å². The Morgan fingerprint density at radius 2 is 1.97 bits per heavy atom. The predicted octanol–water partition coefficient (Wildman–Crippen LogP) is 3.53. The molecule has 0 bridgehead atoms. The van der Waals surface area contributed by atoms with E-state index in [9.17, 15) is 4.79 Å². The molecular weight excluding hydrogens is 418 g/mol. The molecule has 1 aromatic carbocycles. The summed E-state index contributed by atoms with van der Waals surface area (Å²) in [5.74, 6) is 0.753. The van der Waals surface area contributed by atoms with Crippen LogP contribution in [0.1, 0.15) is 17.5 Å². The standard InChI is InChI=1S/C20H19N7OS2/c1-2-17-23-25-19(30-17)22-16(28)13-29-20-26-24-18(15-9-6-10-21-11-15)27(20)12-14-7-4-3-5-8-14/h3-11H,2,12-13H2,1H3,(H,22,25,28).